The number of ether oxygens (including phenoxy) is 3. The van der Waals surface area contributed by atoms with E-state index in [2.05, 4.69) is 39.0 Å². The number of rotatable bonds is 48. The smallest absolute Gasteiger partial charge is 0.306 e. The van der Waals surface area contributed by atoms with Crippen LogP contribution in [0.15, 0.2) is 72.9 Å². The fourth-order valence-electron chi connectivity index (χ4n) is 7.53. The molecule has 64 heavy (non-hydrogen) atoms. The molecule has 6 heteroatoms. The van der Waals surface area contributed by atoms with Crippen molar-refractivity contribution in [2.75, 3.05) is 13.2 Å². The minimum atomic E-state index is -0.806. The molecule has 0 saturated carbocycles. The van der Waals surface area contributed by atoms with Gasteiger partial charge in [-0.05, 0) is 57.8 Å². The van der Waals surface area contributed by atoms with E-state index in [1.807, 2.05) is 54.7 Å². The highest BCUT2D eigenvalue weighted by atomic mass is 16.6. The van der Waals surface area contributed by atoms with E-state index in [-0.39, 0.29) is 37.5 Å². The molecule has 0 aliphatic carbocycles. The average molecular weight is 893 g/mol. The van der Waals surface area contributed by atoms with Gasteiger partial charge in [0.2, 0.25) is 0 Å². The fourth-order valence-corrected chi connectivity index (χ4v) is 7.53. The summed E-state index contributed by atoms with van der Waals surface area (Å²) in [6.07, 6.45) is 66.1. The number of hydrogen-bond acceptors (Lipinski definition) is 6. The Morgan fingerprint density at radius 1 is 0.328 bits per heavy atom. The van der Waals surface area contributed by atoms with Crippen molar-refractivity contribution in [2.45, 2.75) is 264 Å². The van der Waals surface area contributed by atoms with E-state index >= 15 is 0 Å². The molecule has 0 aromatic rings. The van der Waals surface area contributed by atoms with Crippen LogP contribution in [0.25, 0.3) is 0 Å². The zero-order chi connectivity index (χ0) is 46.5. The molecule has 0 N–H and O–H groups in total. The molecule has 0 radical (unpaired) electrons. The number of esters is 3. The van der Waals surface area contributed by atoms with Crippen molar-refractivity contribution in [2.24, 2.45) is 0 Å². The first kappa shape index (κ1) is 60.9. The van der Waals surface area contributed by atoms with E-state index < -0.39 is 6.10 Å². The predicted octanol–water partition coefficient (Wildman–Crippen LogP) is 17.8. The summed E-state index contributed by atoms with van der Waals surface area (Å²) < 4.78 is 16.8. The summed E-state index contributed by atoms with van der Waals surface area (Å²) in [6, 6.07) is 0. The normalized spacial score (nSPS) is 12.6. The lowest BCUT2D eigenvalue weighted by molar-refractivity contribution is -0.167. The number of carbonyl (C=O) groups excluding carboxylic acids is 3. The van der Waals surface area contributed by atoms with Crippen LogP contribution in [-0.2, 0) is 28.6 Å². The summed E-state index contributed by atoms with van der Waals surface area (Å²) in [5.74, 6) is -0.979. The van der Waals surface area contributed by atoms with Crippen LogP contribution in [0.4, 0.5) is 0 Å². The van der Waals surface area contributed by atoms with Gasteiger partial charge in [0.1, 0.15) is 13.2 Å². The van der Waals surface area contributed by atoms with Crippen LogP contribution in [0.3, 0.4) is 0 Å². The summed E-state index contributed by atoms with van der Waals surface area (Å²) in [5.41, 5.74) is 0. The average Bonchev–Trinajstić information content (AvgIpc) is 3.29. The first-order valence-corrected chi connectivity index (χ1v) is 27.0. The molecule has 0 aliphatic rings. The van der Waals surface area contributed by atoms with Crippen LogP contribution in [0.5, 0.6) is 0 Å². The van der Waals surface area contributed by atoms with E-state index in [0.29, 0.717) is 19.3 Å². The maximum Gasteiger partial charge on any atom is 0.306 e. The Morgan fingerprint density at radius 3 is 1.05 bits per heavy atom. The molecule has 0 fully saturated rings. The lowest BCUT2D eigenvalue weighted by Crippen LogP contribution is -2.30. The molecule has 0 aromatic carbocycles. The minimum Gasteiger partial charge on any atom is -0.462 e. The first-order valence-electron chi connectivity index (χ1n) is 27.0. The molecule has 0 aromatic heterocycles. The number of allylic oxidation sites excluding steroid dienone is 12. The lowest BCUT2D eigenvalue weighted by Gasteiger charge is -2.18. The Balaban J connectivity index is 4.44. The van der Waals surface area contributed by atoms with Gasteiger partial charge >= 0.3 is 17.9 Å². The highest BCUT2D eigenvalue weighted by Crippen LogP contribution is 2.16. The fraction of sp³-hybridized carbons (Fsp3) is 0.741. The number of unbranched alkanes of at least 4 members (excludes halogenated alkanes) is 29. The summed E-state index contributed by atoms with van der Waals surface area (Å²) in [7, 11) is 0. The highest BCUT2D eigenvalue weighted by molar-refractivity contribution is 5.71. The molecule has 0 saturated heterocycles. The highest BCUT2D eigenvalue weighted by Gasteiger charge is 2.19. The maximum atomic E-state index is 12.8. The van der Waals surface area contributed by atoms with Crippen LogP contribution in [-0.4, -0.2) is 37.2 Å². The molecule has 0 aliphatic heterocycles. The van der Waals surface area contributed by atoms with Gasteiger partial charge in [-0.3, -0.25) is 14.4 Å². The molecule has 0 amide bonds. The van der Waals surface area contributed by atoms with E-state index in [0.717, 1.165) is 64.2 Å². The largest absolute Gasteiger partial charge is 0.462 e. The molecular formula is C58H100O6. The van der Waals surface area contributed by atoms with Gasteiger partial charge in [0.15, 0.2) is 6.10 Å². The molecule has 0 bridgehead atoms. The molecule has 0 spiro atoms. The summed E-state index contributed by atoms with van der Waals surface area (Å²) >= 11 is 0. The van der Waals surface area contributed by atoms with Crippen molar-refractivity contribution in [3.8, 4) is 0 Å². The Hall–Kier alpha value is -3.15. The third-order valence-corrected chi connectivity index (χ3v) is 11.6. The van der Waals surface area contributed by atoms with E-state index in [4.69, 9.17) is 14.2 Å². The van der Waals surface area contributed by atoms with Gasteiger partial charge < -0.3 is 14.2 Å². The van der Waals surface area contributed by atoms with Gasteiger partial charge in [0, 0.05) is 19.3 Å². The van der Waals surface area contributed by atoms with Crippen molar-refractivity contribution >= 4 is 17.9 Å². The second-order valence-electron chi connectivity index (χ2n) is 17.9. The third-order valence-electron chi connectivity index (χ3n) is 11.6. The molecule has 1 unspecified atom stereocenters. The molecular weight excluding hydrogens is 793 g/mol. The third kappa shape index (κ3) is 49.9. The van der Waals surface area contributed by atoms with Crippen molar-refractivity contribution in [1.82, 2.24) is 0 Å². The Bertz CT molecular complexity index is 1210. The van der Waals surface area contributed by atoms with E-state index in [1.165, 1.54) is 148 Å². The zero-order valence-corrected chi connectivity index (χ0v) is 42.0. The first-order chi connectivity index (χ1) is 31.5. The summed E-state index contributed by atoms with van der Waals surface area (Å²) in [6.45, 7) is 6.44. The Kier molecular flexibility index (Phi) is 49.9. The van der Waals surface area contributed by atoms with Gasteiger partial charge in [-0.25, -0.2) is 0 Å². The van der Waals surface area contributed by atoms with E-state index in [1.54, 1.807) is 0 Å². The second kappa shape index (κ2) is 52.5. The molecule has 0 rings (SSSR count). The summed E-state index contributed by atoms with van der Waals surface area (Å²) in [5, 5.41) is 0. The standard InChI is InChI=1S/C58H100O6/c1-4-7-10-13-16-19-22-25-27-29-31-33-36-39-42-45-48-51-57(60)63-54-55(53-62-56(59)50-47-44-41-38-35-32-24-21-18-15-12-9-6-3)64-58(61)52-49-46-43-40-37-34-30-28-26-23-20-17-14-11-8-5-2/h9,12,15,18,21,24,28,30,32,35,38,41,55H,4-8,10-11,13-14,16-17,19-20,22-23,25-27,29,31,33-34,36-37,39-40,42-54H2,1-3H3/b12-9-,18-15-,24-21-,30-28-,35-32-,41-38-. The lowest BCUT2D eigenvalue weighted by atomic mass is 10.0. The van der Waals surface area contributed by atoms with Crippen molar-refractivity contribution < 1.29 is 28.6 Å². The quantitative estimate of drug-likeness (QED) is 0.0199. The van der Waals surface area contributed by atoms with Gasteiger partial charge in [-0.2, -0.15) is 0 Å². The van der Waals surface area contributed by atoms with Crippen molar-refractivity contribution in [1.29, 1.82) is 0 Å². The Morgan fingerprint density at radius 2 is 0.641 bits per heavy atom. The zero-order valence-electron chi connectivity index (χ0n) is 42.0. The van der Waals surface area contributed by atoms with Crippen LogP contribution in [0.1, 0.15) is 258 Å². The van der Waals surface area contributed by atoms with Gasteiger partial charge in [0.05, 0.1) is 0 Å². The topological polar surface area (TPSA) is 78.9 Å². The number of carbonyl (C=O) groups is 3. The molecule has 0 heterocycles. The predicted molar refractivity (Wildman–Crippen MR) is 274 cm³/mol. The summed E-state index contributed by atoms with van der Waals surface area (Å²) in [4.78, 5) is 38.0. The second-order valence-corrected chi connectivity index (χ2v) is 17.9. The van der Waals surface area contributed by atoms with E-state index in [9.17, 15) is 14.4 Å². The van der Waals surface area contributed by atoms with Crippen LogP contribution in [0.2, 0.25) is 0 Å². The minimum absolute atomic E-state index is 0.0992. The monoisotopic (exact) mass is 893 g/mol. The van der Waals surface area contributed by atoms with Gasteiger partial charge in [0.25, 0.3) is 0 Å². The molecule has 368 valence electrons. The van der Waals surface area contributed by atoms with Crippen molar-refractivity contribution in [3.63, 3.8) is 0 Å². The SMILES string of the molecule is CC\C=C/C=C\C=C/C=C\C=C/CCCC(=O)OCC(COC(=O)CCCCCCCCCCCCCCCCCCC)OC(=O)CCCCCCC/C=C\CCCCCCCCC. The Labute approximate surface area is 395 Å². The van der Waals surface area contributed by atoms with Gasteiger partial charge in [-0.1, -0.05) is 254 Å². The van der Waals surface area contributed by atoms with Crippen LogP contribution < -0.4 is 0 Å². The van der Waals surface area contributed by atoms with Gasteiger partial charge in [-0.15, -0.1) is 0 Å². The molecule has 1 atom stereocenters. The van der Waals surface area contributed by atoms with Crippen LogP contribution in [0, 0.1) is 0 Å². The number of hydrogen-bond donors (Lipinski definition) is 0. The van der Waals surface area contributed by atoms with Crippen LogP contribution >= 0.6 is 0 Å². The maximum absolute atomic E-state index is 12.8. The van der Waals surface area contributed by atoms with Crippen molar-refractivity contribution in [3.05, 3.63) is 72.9 Å². The molecule has 6 nitrogen and oxygen atoms in total.